The number of hydrogen-bond acceptors (Lipinski definition) is 4. The molecule has 4 heteroatoms. The van der Waals surface area contributed by atoms with Gasteiger partial charge in [-0.25, -0.2) is 0 Å². The lowest BCUT2D eigenvalue weighted by Gasteiger charge is -2.21. The van der Waals surface area contributed by atoms with Crippen molar-refractivity contribution < 1.29 is 9.53 Å². The lowest BCUT2D eigenvalue weighted by Crippen LogP contribution is -2.28. The van der Waals surface area contributed by atoms with Crippen LogP contribution in [-0.2, 0) is 9.53 Å². The molecule has 0 aliphatic carbocycles. The molecule has 1 rings (SSSR count). The Morgan fingerprint density at radius 2 is 2.12 bits per heavy atom. The maximum atomic E-state index is 11.5. The lowest BCUT2D eigenvalue weighted by molar-refractivity contribution is -0.149. The maximum Gasteiger partial charge on any atom is 0.312 e. The number of benzene rings is 1. The molecule has 1 aromatic rings. The summed E-state index contributed by atoms with van der Waals surface area (Å²) in [6, 6.07) is 5.94. The third kappa shape index (κ3) is 3.66. The van der Waals surface area contributed by atoms with E-state index in [1.54, 1.807) is 11.8 Å². The van der Waals surface area contributed by atoms with E-state index < -0.39 is 5.41 Å². The van der Waals surface area contributed by atoms with Gasteiger partial charge < -0.3 is 10.5 Å². The molecule has 0 saturated heterocycles. The minimum atomic E-state index is -0.503. The molecule has 0 radical (unpaired) electrons. The molecule has 0 unspecified atom stereocenters. The molecule has 0 fully saturated rings. The van der Waals surface area contributed by atoms with Gasteiger partial charge in [-0.15, -0.1) is 11.8 Å². The standard InChI is InChI=1S/C13H19NO2S/c1-9-5-6-11(10(14)7-9)17-8-13(2,3)12(15)16-4/h5-7H,8,14H2,1-4H3. The number of carbonyl (C=O) groups is 1. The molecule has 0 aromatic heterocycles. The van der Waals surface area contributed by atoms with Crippen LogP contribution in [0, 0.1) is 12.3 Å². The van der Waals surface area contributed by atoms with Gasteiger partial charge in [0.1, 0.15) is 0 Å². The number of esters is 1. The third-order valence-corrected chi connectivity index (χ3v) is 4.04. The number of methoxy groups -OCH3 is 1. The van der Waals surface area contributed by atoms with Crippen molar-refractivity contribution in [2.75, 3.05) is 18.6 Å². The first-order chi connectivity index (χ1) is 7.86. The molecule has 0 amide bonds. The topological polar surface area (TPSA) is 52.3 Å². The van der Waals surface area contributed by atoms with Crippen molar-refractivity contribution in [1.29, 1.82) is 0 Å². The second-order valence-electron chi connectivity index (χ2n) is 4.71. The Morgan fingerprint density at radius 1 is 1.47 bits per heavy atom. The van der Waals surface area contributed by atoms with Crippen molar-refractivity contribution >= 4 is 23.4 Å². The van der Waals surface area contributed by atoms with Gasteiger partial charge in [0.25, 0.3) is 0 Å². The summed E-state index contributed by atoms with van der Waals surface area (Å²) in [4.78, 5) is 12.5. The summed E-state index contributed by atoms with van der Waals surface area (Å²) in [7, 11) is 1.41. The van der Waals surface area contributed by atoms with E-state index in [9.17, 15) is 4.79 Å². The summed E-state index contributed by atoms with van der Waals surface area (Å²) in [6.07, 6.45) is 0. The zero-order chi connectivity index (χ0) is 13.1. The molecule has 0 heterocycles. The van der Waals surface area contributed by atoms with Crippen LogP contribution in [0.15, 0.2) is 23.1 Å². The number of ether oxygens (including phenoxy) is 1. The van der Waals surface area contributed by atoms with Crippen molar-refractivity contribution in [3.8, 4) is 0 Å². The van der Waals surface area contributed by atoms with Crippen LogP contribution in [0.1, 0.15) is 19.4 Å². The number of aryl methyl sites for hydroxylation is 1. The van der Waals surface area contributed by atoms with Gasteiger partial charge in [-0.2, -0.15) is 0 Å². The summed E-state index contributed by atoms with van der Waals surface area (Å²) in [5.41, 5.74) is 7.32. The first-order valence-electron chi connectivity index (χ1n) is 5.44. The Morgan fingerprint density at radius 3 is 2.65 bits per heavy atom. The first-order valence-corrected chi connectivity index (χ1v) is 6.43. The van der Waals surface area contributed by atoms with E-state index in [4.69, 9.17) is 10.5 Å². The van der Waals surface area contributed by atoms with Crippen LogP contribution in [0.3, 0.4) is 0 Å². The van der Waals surface area contributed by atoms with Crippen LogP contribution < -0.4 is 5.73 Å². The number of thioether (sulfide) groups is 1. The zero-order valence-corrected chi connectivity index (χ0v) is 11.6. The molecule has 17 heavy (non-hydrogen) atoms. The summed E-state index contributed by atoms with van der Waals surface area (Å²) < 4.78 is 4.77. The predicted octanol–water partition coefficient (Wildman–Crippen LogP) is 2.87. The molecule has 0 spiro atoms. The van der Waals surface area contributed by atoms with Gasteiger partial charge in [-0.3, -0.25) is 4.79 Å². The Kier molecular flexibility index (Phi) is 4.46. The van der Waals surface area contributed by atoms with E-state index >= 15 is 0 Å². The van der Waals surface area contributed by atoms with E-state index in [1.807, 2.05) is 39.0 Å². The summed E-state index contributed by atoms with van der Waals surface area (Å²) in [6.45, 7) is 5.75. The van der Waals surface area contributed by atoms with Crippen LogP contribution in [0.2, 0.25) is 0 Å². The summed E-state index contributed by atoms with van der Waals surface area (Å²) in [5.74, 6) is 0.447. The number of nitrogen functional groups attached to an aromatic ring is 1. The van der Waals surface area contributed by atoms with Crippen LogP contribution >= 0.6 is 11.8 Å². The van der Waals surface area contributed by atoms with Gasteiger partial charge in [0, 0.05) is 16.3 Å². The molecule has 3 nitrogen and oxygen atoms in total. The highest BCUT2D eigenvalue weighted by molar-refractivity contribution is 7.99. The van der Waals surface area contributed by atoms with Crippen LogP contribution in [0.25, 0.3) is 0 Å². The van der Waals surface area contributed by atoms with Gasteiger partial charge in [-0.05, 0) is 38.5 Å². The van der Waals surface area contributed by atoms with Crippen molar-refractivity contribution in [2.24, 2.45) is 5.41 Å². The molecule has 94 valence electrons. The second kappa shape index (κ2) is 5.45. The Hall–Kier alpha value is -1.16. The molecule has 0 atom stereocenters. The maximum absolute atomic E-state index is 11.5. The predicted molar refractivity (Wildman–Crippen MR) is 72.1 cm³/mol. The van der Waals surface area contributed by atoms with Crippen molar-refractivity contribution in [1.82, 2.24) is 0 Å². The van der Waals surface area contributed by atoms with Crippen LogP contribution in [0.4, 0.5) is 5.69 Å². The van der Waals surface area contributed by atoms with E-state index in [0.29, 0.717) is 5.75 Å². The quantitative estimate of drug-likeness (QED) is 0.509. The Balaban J connectivity index is 2.70. The number of carbonyl (C=O) groups excluding carboxylic acids is 1. The lowest BCUT2D eigenvalue weighted by atomic mass is 9.97. The smallest absolute Gasteiger partial charge is 0.312 e. The summed E-state index contributed by atoms with van der Waals surface area (Å²) in [5, 5.41) is 0. The number of nitrogens with two attached hydrogens (primary N) is 1. The Labute approximate surface area is 107 Å². The second-order valence-corrected chi connectivity index (χ2v) is 5.72. The van der Waals surface area contributed by atoms with Gasteiger partial charge >= 0.3 is 5.97 Å². The number of hydrogen-bond donors (Lipinski definition) is 1. The summed E-state index contributed by atoms with van der Waals surface area (Å²) >= 11 is 1.58. The molecule has 0 bridgehead atoms. The monoisotopic (exact) mass is 253 g/mol. The molecular weight excluding hydrogens is 234 g/mol. The van der Waals surface area contributed by atoms with Gasteiger partial charge in [0.15, 0.2) is 0 Å². The molecule has 0 aliphatic heterocycles. The van der Waals surface area contributed by atoms with Gasteiger partial charge in [-0.1, -0.05) is 6.07 Å². The van der Waals surface area contributed by atoms with Crippen LogP contribution in [0.5, 0.6) is 0 Å². The minimum absolute atomic E-state index is 0.198. The average molecular weight is 253 g/mol. The molecule has 1 aromatic carbocycles. The molecule has 0 aliphatic rings. The van der Waals surface area contributed by atoms with E-state index in [1.165, 1.54) is 7.11 Å². The third-order valence-electron chi connectivity index (χ3n) is 2.49. The van der Waals surface area contributed by atoms with Gasteiger partial charge in [0.05, 0.1) is 12.5 Å². The normalized spacial score (nSPS) is 11.3. The minimum Gasteiger partial charge on any atom is -0.469 e. The van der Waals surface area contributed by atoms with Crippen molar-refractivity contribution in [3.05, 3.63) is 23.8 Å². The van der Waals surface area contributed by atoms with Crippen LogP contribution in [-0.4, -0.2) is 18.8 Å². The molecule has 2 N–H and O–H groups in total. The largest absolute Gasteiger partial charge is 0.469 e. The highest BCUT2D eigenvalue weighted by atomic mass is 32.2. The highest BCUT2D eigenvalue weighted by Crippen LogP contribution is 2.32. The van der Waals surface area contributed by atoms with Gasteiger partial charge in [0.2, 0.25) is 0 Å². The first kappa shape index (κ1) is 13.9. The Bertz CT molecular complexity index is 416. The average Bonchev–Trinajstić information content (AvgIpc) is 2.26. The SMILES string of the molecule is COC(=O)C(C)(C)CSc1ccc(C)cc1N. The fraction of sp³-hybridized carbons (Fsp3) is 0.462. The van der Waals surface area contributed by atoms with E-state index in [0.717, 1.165) is 16.1 Å². The highest BCUT2D eigenvalue weighted by Gasteiger charge is 2.28. The van der Waals surface area contributed by atoms with E-state index in [-0.39, 0.29) is 5.97 Å². The van der Waals surface area contributed by atoms with E-state index in [2.05, 4.69) is 0 Å². The van der Waals surface area contributed by atoms with Crippen molar-refractivity contribution in [3.63, 3.8) is 0 Å². The number of anilines is 1. The fourth-order valence-corrected chi connectivity index (χ4v) is 2.42. The number of rotatable bonds is 4. The molecular formula is C13H19NO2S. The fourth-order valence-electron chi connectivity index (χ4n) is 1.39. The zero-order valence-electron chi connectivity index (χ0n) is 10.7. The molecule has 0 saturated carbocycles. The van der Waals surface area contributed by atoms with Crippen molar-refractivity contribution in [2.45, 2.75) is 25.7 Å².